The van der Waals surface area contributed by atoms with Gasteiger partial charge >= 0.3 is 0 Å². The van der Waals surface area contributed by atoms with Gasteiger partial charge in [-0.05, 0) is 41.8 Å². The molecule has 1 atom stereocenters. The number of rotatable bonds is 2. The lowest BCUT2D eigenvalue weighted by atomic mass is 9.95. The summed E-state index contributed by atoms with van der Waals surface area (Å²) in [5, 5.41) is 0.00808. The van der Waals surface area contributed by atoms with Crippen molar-refractivity contribution in [3.05, 3.63) is 69.7 Å². The van der Waals surface area contributed by atoms with Crippen molar-refractivity contribution in [3.8, 4) is 0 Å². The first kappa shape index (κ1) is 13.0. The maximum Gasteiger partial charge on any atom is 0.142 e. The van der Waals surface area contributed by atoms with E-state index in [1.807, 2.05) is 0 Å². The summed E-state index contributed by atoms with van der Waals surface area (Å²) in [5.74, 6) is -0.835. The molecule has 18 heavy (non-hydrogen) atoms. The first-order chi connectivity index (χ1) is 8.50. The van der Waals surface area contributed by atoms with Crippen LogP contribution in [0.3, 0.4) is 0 Å². The molecule has 1 unspecified atom stereocenters. The van der Waals surface area contributed by atoms with Crippen molar-refractivity contribution in [3.63, 3.8) is 0 Å². The van der Waals surface area contributed by atoms with E-state index in [0.717, 1.165) is 5.56 Å². The molecule has 0 fully saturated rings. The fraction of sp³-hybridized carbons (Fsp3) is 0.143. The van der Waals surface area contributed by atoms with Crippen LogP contribution in [0.1, 0.15) is 22.7 Å². The molecule has 0 aliphatic heterocycles. The van der Waals surface area contributed by atoms with Crippen LogP contribution in [0, 0.1) is 18.6 Å². The molecule has 0 aromatic heterocycles. The Morgan fingerprint density at radius 1 is 1.11 bits per heavy atom. The van der Waals surface area contributed by atoms with Crippen LogP contribution in [0.25, 0.3) is 0 Å². The molecule has 0 amide bonds. The maximum atomic E-state index is 13.4. The van der Waals surface area contributed by atoms with E-state index in [1.165, 1.54) is 18.2 Å². The highest BCUT2D eigenvalue weighted by Crippen LogP contribution is 2.30. The zero-order valence-corrected chi connectivity index (χ0v) is 10.5. The third-order valence-corrected chi connectivity index (χ3v) is 3.28. The molecule has 2 N–H and O–H groups in total. The van der Waals surface area contributed by atoms with E-state index in [9.17, 15) is 8.78 Å². The van der Waals surface area contributed by atoms with Crippen LogP contribution in [0.4, 0.5) is 8.78 Å². The Kier molecular flexibility index (Phi) is 3.64. The lowest BCUT2D eigenvalue weighted by Gasteiger charge is -2.16. The highest BCUT2D eigenvalue weighted by atomic mass is 35.5. The van der Waals surface area contributed by atoms with Crippen molar-refractivity contribution >= 4 is 11.6 Å². The van der Waals surface area contributed by atoms with Crippen LogP contribution in [-0.4, -0.2) is 0 Å². The summed E-state index contributed by atoms with van der Waals surface area (Å²) in [7, 11) is 0. The van der Waals surface area contributed by atoms with Gasteiger partial charge in [0.05, 0.1) is 11.1 Å². The molecular formula is C14H12ClF2N. The summed E-state index contributed by atoms with van der Waals surface area (Å²) < 4.78 is 26.4. The Morgan fingerprint density at radius 2 is 1.83 bits per heavy atom. The van der Waals surface area contributed by atoms with Gasteiger partial charge in [0.15, 0.2) is 0 Å². The Hall–Kier alpha value is -1.45. The van der Waals surface area contributed by atoms with Gasteiger partial charge in [0, 0.05) is 0 Å². The van der Waals surface area contributed by atoms with Crippen LogP contribution in [-0.2, 0) is 0 Å². The molecule has 4 heteroatoms. The number of hydrogen-bond donors (Lipinski definition) is 1. The van der Waals surface area contributed by atoms with E-state index >= 15 is 0 Å². The van der Waals surface area contributed by atoms with Crippen LogP contribution in [0.15, 0.2) is 36.4 Å². The molecule has 0 saturated heterocycles. The van der Waals surface area contributed by atoms with Gasteiger partial charge in [0.25, 0.3) is 0 Å². The summed E-state index contributed by atoms with van der Waals surface area (Å²) in [6.45, 7) is 1.76. The lowest BCUT2D eigenvalue weighted by molar-refractivity contribution is 0.621. The van der Waals surface area contributed by atoms with Gasteiger partial charge in [-0.2, -0.15) is 0 Å². The minimum atomic E-state index is -0.575. The molecule has 0 radical (unpaired) electrons. The summed E-state index contributed by atoms with van der Waals surface area (Å²) in [6, 6.07) is 8.23. The number of nitrogens with two attached hydrogens (primary N) is 1. The minimum Gasteiger partial charge on any atom is -0.320 e. The molecule has 0 heterocycles. The molecule has 2 aromatic carbocycles. The topological polar surface area (TPSA) is 26.0 Å². The van der Waals surface area contributed by atoms with Crippen LogP contribution < -0.4 is 5.73 Å². The molecule has 1 nitrogen and oxygen atoms in total. The van der Waals surface area contributed by atoms with Crippen molar-refractivity contribution in [1.82, 2.24) is 0 Å². The molecular weight excluding hydrogens is 256 g/mol. The monoisotopic (exact) mass is 267 g/mol. The largest absolute Gasteiger partial charge is 0.320 e. The van der Waals surface area contributed by atoms with E-state index < -0.39 is 11.9 Å². The van der Waals surface area contributed by atoms with Gasteiger partial charge in [0.2, 0.25) is 0 Å². The average Bonchev–Trinajstić information content (AvgIpc) is 2.32. The average molecular weight is 268 g/mol. The molecule has 0 aliphatic carbocycles. The Labute approximate surface area is 109 Å². The number of halogens is 3. The maximum absolute atomic E-state index is 13.4. The minimum absolute atomic E-state index is 0.00808. The van der Waals surface area contributed by atoms with Gasteiger partial charge in [-0.1, -0.05) is 29.8 Å². The zero-order valence-electron chi connectivity index (χ0n) is 9.75. The number of aryl methyl sites for hydroxylation is 1. The molecule has 2 rings (SSSR count). The first-order valence-electron chi connectivity index (χ1n) is 5.46. The molecule has 0 bridgehead atoms. The number of hydrogen-bond acceptors (Lipinski definition) is 1. The van der Waals surface area contributed by atoms with E-state index in [2.05, 4.69) is 0 Å². The fourth-order valence-corrected chi connectivity index (χ4v) is 2.16. The van der Waals surface area contributed by atoms with Crippen LogP contribution >= 0.6 is 11.6 Å². The van der Waals surface area contributed by atoms with Gasteiger partial charge in [-0.15, -0.1) is 0 Å². The number of benzene rings is 2. The van der Waals surface area contributed by atoms with Crippen LogP contribution in [0.5, 0.6) is 0 Å². The van der Waals surface area contributed by atoms with E-state index in [1.54, 1.807) is 25.1 Å². The molecule has 0 aliphatic rings. The van der Waals surface area contributed by atoms with Gasteiger partial charge < -0.3 is 5.73 Å². The van der Waals surface area contributed by atoms with Crippen molar-refractivity contribution in [2.24, 2.45) is 5.73 Å². The second-order valence-corrected chi connectivity index (χ2v) is 4.50. The van der Waals surface area contributed by atoms with Crippen molar-refractivity contribution in [2.75, 3.05) is 0 Å². The Balaban J connectivity index is 2.48. The molecule has 0 spiro atoms. The van der Waals surface area contributed by atoms with Gasteiger partial charge in [-0.25, -0.2) is 8.78 Å². The van der Waals surface area contributed by atoms with Gasteiger partial charge in [-0.3, -0.25) is 0 Å². The zero-order chi connectivity index (χ0) is 13.3. The van der Waals surface area contributed by atoms with Crippen molar-refractivity contribution in [1.29, 1.82) is 0 Å². The third-order valence-electron chi connectivity index (χ3n) is 2.88. The van der Waals surface area contributed by atoms with Crippen molar-refractivity contribution < 1.29 is 8.78 Å². The van der Waals surface area contributed by atoms with E-state index in [4.69, 9.17) is 17.3 Å². The first-order valence-corrected chi connectivity index (χ1v) is 5.84. The van der Waals surface area contributed by atoms with Crippen molar-refractivity contribution in [2.45, 2.75) is 13.0 Å². The predicted molar refractivity (Wildman–Crippen MR) is 68.6 cm³/mol. The highest BCUT2D eigenvalue weighted by Gasteiger charge is 2.16. The Morgan fingerprint density at radius 3 is 2.50 bits per heavy atom. The quantitative estimate of drug-likeness (QED) is 0.875. The van der Waals surface area contributed by atoms with E-state index in [0.29, 0.717) is 11.1 Å². The van der Waals surface area contributed by atoms with Gasteiger partial charge in [0.1, 0.15) is 11.6 Å². The highest BCUT2D eigenvalue weighted by molar-refractivity contribution is 6.31. The Bertz CT molecular complexity index is 584. The standard InChI is InChI=1S/C14H12ClF2N/c1-8-7-9(16)5-6-10(8)14(18)11-3-2-4-12(17)13(11)15/h2-7,14H,18H2,1H3. The predicted octanol–water partition coefficient (Wildman–Crippen LogP) is 3.97. The normalized spacial score (nSPS) is 12.5. The summed E-state index contributed by atoms with van der Waals surface area (Å²) in [4.78, 5) is 0. The third kappa shape index (κ3) is 2.37. The molecule has 94 valence electrons. The second-order valence-electron chi connectivity index (χ2n) is 4.12. The van der Waals surface area contributed by atoms with Crippen LogP contribution in [0.2, 0.25) is 5.02 Å². The smallest absolute Gasteiger partial charge is 0.142 e. The SMILES string of the molecule is Cc1cc(F)ccc1C(N)c1cccc(F)c1Cl. The molecule has 2 aromatic rings. The molecule has 0 saturated carbocycles. The lowest BCUT2D eigenvalue weighted by Crippen LogP contribution is -2.14. The second kappa shape index (κ2) is 5.04. The summed E-state index contributed by atoms with van der Waals surface area (Å²) in [5.41, 5.74) is 7.99. The fourth-order valence-electron chi connectivity index (χ4n) is 1.92. The summed E-state index contributed by atoms with van der Waals surface area (Å²) >= 11 is 5.89. The van der Waals surface area contributed by atoms with E-state index in [-0.39, 0.29) is 10.8 Å². The summed E-state index contributed by atoms with van der Waals surface area (Å²) in [6.07, 6.45) is 0.